The third-order valence-electron chi connectivity index (χ3n) is 5.61. The number of nitrogens with one attached hydrogen (secondary N) is 2. The fourth-order valence-electron chi connectivity index (χ4n) is 3.77. The Labute approximate surface area is 189 Å². The summed E-state index contributed by atoms with van der Waals surface area (Å²) in [5.74, 6) is -1.41. The van der Waals surface area contributed by atoms with E-state index < -0.39 is 11.6 Å². The Hall–Kier alpha value is -4.13. The van der Waals surface area contributed by atoms with Gasteiger partial charge in [0.25, 0.3) is 5.91 Å². The van der Waals surface area contributed by atoms with E-state index in [0.29, 0.717) is 29.1 Å². The maximum absolute atomic E-state index is 13.5. The summed E-state index contributed by atoms with van der Waals surface area (Å²) < 4.78 is 26.6. The number of carbonyl (C=O) groups is 1. The van der Waals surface area contributed by atoms with Crippen molar-refractivity contribution < 1.29 is 13.6 Å². The van der Waals surface area contributed by atoms with Gasteiger partial charge in [0.05, 0.1) is 5.69 Å². The first-order valence-corrected chi connectivity index (χ1v) is 10.6. The number of halogens is 2. The van der Waals surface area contributed by atoms with E-state index in [1.807, 2.05) is 48.5 Å². The molecule has 0 saturated heterocycles. The summed E-state index contributed by atoms with van der Waals surface area (Å²) in [7, 11) is 0. The number of anilines is 2. The highest BCUT2D eigenvalue weighted by Gasteiger charge is 2.40. The van der Waals surface area contributed by atoms with E-state index in [0.717, 1.165) is 17.3 Å². The SMILES string of the molecule is O=C(N[C@@H]1C[C@H]1c1ccc(F)c(F)c1)c1cccc(Nc2ccc(-c3ccccc3)nn2)c1. The third kappa shape index (κ3) is 4.72. The van der Waals surface area contributed by atoms with Crippen molar-refractivity contribution in [1.82, 2.24) is 15.5 Å². The molecule has 1 aliphatic carbocycles. The average molecular weight is 442 g/mol. The van der Waals surface area contributed by atoms with Crippen LogP contribution in [0.2, 0.25) is 0 Å². The van der Waals surface area contributed by atoms with Crippen LogP contribution in [0.3, 0.4) is 0 Å². The highest BCUT2D eigenvalue weighted by Crippen LogP contribution is 2.41. The normalized spacial score (nSPS) is 16.8. The molecular weight excluding hydrogens is 422 g/mol. The zero-order valence-corrected chi connectivity index (χ0v) is 17.5. The Morgan fingerprint density at radius 3 is 2.45 bits per heavy atom. The summed E-state index contributed by atoms with van der Waals surface area (Å²) in [6.07, 6.45) is 0.693. The molecule has 5 nitrogen and oxygen atoms in total. The molecule has 2 atom stereocenters. The molecule has 164 valence electrons. The molecule has 33 heavy (non-hydrogen) atoms. The molecule has 2 N–H and O–H groups in total. The number of rotatable bonds is 6. The van der Waals surface area contributed by atoms with Gasteiger partial charge in [0.15, 0.2) is 17.5 Å². The van der Waals surface area contributed by atoms with Crippen molar-refractivity contribution in [1.29, 1.82) is 0 Å². The van der Waals surface area contributed by atoms with Crippen LogP contribution in [-0.2, 0) is 0 Å². The smallest absolute Gasteiger partial charge is 0.251 e. The van der Waals surface area contributed by atoms with Crippen LogP contribution in [0, 0.1) is 11.6 Å². The van der Waals surface area contributed by atoms with Crippen molar-refractivity contribution in [3.05, 3.63) is 108 Å². The minimum Gasteiger partial charge on any atom is -0.349 e. The summed E-state index contributed by atoms with van der Waals surface area (Å²) >= 11 is 0. The first-order valence-electron chi connectivity index (χ1n) is 10.6. The van der Waals surface area contributed by atoms with Gasteiger partial charge in [0.1, 0.15) is 0 Å². The third-order valence-corrected chi connectivity index (χ3v) is 5.61. The van der Waals surface area contributed by atoms with Crippen LogP contribution in [0.25, 0.3) is 11.3 Å². The fraction of sp³-hybridized carbons (Fsp3) is 0.115. The second-order valence-corrected chi connectivity index (χ2v) is 7.97. The average Bonchev–Trinajstić information content (AvgIpc) is 3.61. The first-order chi connectivity index (χ1) is 16.1. The quantitative estimate of drug-likeness (QED) is 0.417. The molecule has 1 aromatic heterocycles. The summed E-state index contributed by atoms with van der Waals surface area (Å²) in [6.45, 7) is 0. The Kier molecular flexibility index (Phi) is 5.52. The largest absolute Gasteiger partial charge is 0.349 e. The molecule has 0 unspecified atom stereocenters. The second kappa shape index (κ2) is 8.78. The van der Waals surface area contributed by atoms with E-state index in [1.165, 1.54) is 6.07 Å². The van der Waals surface area contributed by atoms with E-state index in [-0.39, 0.29) is 17.9 Å². The zero-order valence-electron chi connectivity index (χ0n) is 17.5. The molecule has 0 aliphatic heterocycles. The highest BCUT2D eigenvalue weighted by molar-refractivity contribution is 5.95. The van der Waals surface area contributed by atoms with Gasteiger partial charge < -0.3 is 10.6 Å². The lowest BCUT2D eigenvalue weighted by atomic mass is 10.1. The predicted octanol–water partition coefficient (Wildman–Crippen LogP) is 5.45. The molecule has 0 spiro atoms. The summed E-state index contributed by atoms with van der Waals surface area (Å²) in [6, 6.07) is 24.3. The molecule has 7 heteroatoms. The zero-order chi connectivity index (χ0) is 22.8. The minimum absolute atomic E-state index is 0.0104. The van der Waals surface area contributed by atoms with E-state index in [9.17, 15) is 13.6 Å². The number of aromatic nitrogens is 2. The van der Waals surface area contributed by atoms with Crippen LogP contribution in [0.4, 0.5) is 20.3 Å². The van der Waals surface area contributed by atoms with Gasteiger partial charge in [-0.05, 0) is 54.4 Å². The van der Waals surface area contributed by atoms with Crippen molar-refractivity contribution in [2.24, 2.45) is 0 Å². The lowest BCUT2D eigenvalue weighted by Crippen LogP contribution is -2.26. The monoisotopic (exact) mass is 442 g/mol. The van der Waals surface area contributed by atoms with Gasteiger partial charge >= 0.3 is 0 Å². The highest BCUT2D eigenvalue weighted by atomic mass is 19.2. The summed E-state index contributed by atoms with van der Waals surface area (Å²) in [5.41, 5.74) is 3.64. The Morgan fingerprint density at radius 2 is 1.70 bits per heavy atom. The molecular formula is C26H20F2N4O. The first kappa shape index (κ1) is 20.8. The maximum Gasteiger partial charge on any atom is 0.251 e. The maximum atomic E-state index is 13.5. The molecule has 4 aromatic rings. The van der Waals surface area contributed by atoms with Crippen LogP contribution >= 0.6 is 0 Å². The van der Waals surface area contributed by atoms with E-state index >= 15 is 0 Å². The number of benzene rings is 3. The van der Waals surface area contributed by atoms with Gasteiger partial charge in [-0.2, -0.15) is 0 Å². The van der Waals surface area contributed by atoms with Crippen LogP contribution < -0.4 is 10.6 Å². The van der Waals surface area contributed by atoms with E-state index in [2.05, 4.69) is 20.8 Å². The Bertz CT molecular complexity index is 1300. The number of nitrogens with zero attached hydrogens (tertiary/aromatic N) is 2. The lowest BCUT2D eigenvalue weighted by molar-refractivity contribution is 0.0950. The second-order valence-electron chi connectivity index (χ2n) is 7.97. The molecule has 0 radical (unpaired) electrons. The van der Waals surface area contributed by atoms with Crippen molar-refractivity contribution in [3.8, 4) is 11.3 Å². The molecule has 1 amide bonds. The van der Waals surface area contributed by atoms with Crippen LogP contribution in [0.5, 0.6) is 0 Å². The van der Waals surface area contributed by atoms with Crippen LogP contribution in [-0.4, -0.2) is 22.1 Å². The van der Waals surface area contributed by atoms with Crippen molar-refractivity contribution in [2.45, 2.75) is 18.4 Å². The van der Waals surface area contributed by atoms with Crippen molar-refractivity contribution in [2.75, 3.05) is 5.32 Å². The van der Waals surface area contributed by atoms with Gasteiger partial charge in [-0.15, -0.1) is 10.2 Å². The number of amides is 1. The predicted molar refractivity (Wildman–Crippen MR) is 122 cm³/mol. The number of hydrogen-bond donors (Lipinski definition) is 2. The van der Waals surface area contributed by atoms with Crippen molar-refractivity contribution >= 4 is 17.4 Å². The minimum atomic E-state index is -0.872. The molecule has 1 aliphatic rings. The molecule has 3 aromatic carbocycles. The molecule has 1 saturated carbocycles. The molecule has 1 fully saturated rings. The van der Waals surface area contributed by atoms with Gasteiger partial charge in [-0.1, -0.05) is 42.5 Å². The summed E-state index contributed by atoms with van der Waals surface area (Å²) in [4.78, 5) is 12.7. The van der Waals surface area contributed by atoms with Gasteiger partial charge in [0.2, 0.25) is 0 Å². The summed E-state index contributed by atoms with van der Waals surface area (Å²) in [5, 5.41) is 14.6. The van der Waals surface area contributed by atoms with Gasteiger partial charge in [0, 0.05) is 28.8 Å². The van der Waals surface area contributed by atoms with Crippen LogP contribution in [0.1, 0.15) is 28.3 Å². The molecule has 0 bridgehead atoms. The van der Waals surface area contributed by atoms with Crippen molar-refractivity contribution in [3.63, 3.8) is 0 Å². The molecule has 5 rings (SSSR count). The number of carbonyl (C=O) groups excluding carboxylic acids is 1. The number of hydrogen-bond acceptors (Lipinski definition) is 4. The standard InChI is InChI=1S/C26H20F2N4O/c27-21-10-9-17(14-22(21)28)20-15-24(20)30-26(33)18-7-4-8-19(13-18)29-25-12-11-23(31-32-25)16-5-2-1-3-6-16/h1-14,20,24H,15H2,(H,29,32)(H,30,33)/t20-,24+/m0/s1. The topological polar surface area (TPSA) is 66.9 Å². The molecule has 1 heterocycles. The Balaban J connectivity index is 1.22. The van der Waals surface area contributed by atoms with Gasteiger partial charge in [-0.25, -0.2) is 8.78 Å². The Morgan fingerprint density at radius 1 is 0.848 bits per heavy atom. The van der Waals surface area contributed by atoms with E-state index in [1.54, 1.807) is 24.3 Å². The van der Waals surface area contributed by atoms with E-state index in [4.69, 9.17) is 0 Å². The van der Waals surface area contributed by atoms with Crippen LogP contribution in [0.15, 0.2) is 84.9 Å². The fourth-order valence-corrected chi connectivity index (χ4v) is 3.77. The van der Waals surface area contributed by atoms with Gasteiger partial charge in [-0.3, -0.25) is 4.79 Å². The lowest BCUT2D eigenvalue weighted by Gasteiger charge is -2.09.